The van der Waals surface area contributed by atoms with Crippen LogP contribution in [0.5, 0.6) is 0 Å². The lowest BCUT2D eigenvalue weighted by Crippen LogP contribution is -2.35. The maximum atomic E-state index is 11.9. The number of hydrogen-bond donors (Lipinski definition) is 1. The SMILES string of the molecule is CN1CCN(c2ccc(CC3CCCCN3)cc2)C1=O. The van der Waals surface area contributed by atoms with E-state index in [0.717, 1.165) is 31.7 Å². The number of anilines is 1. The fourth-order valence-corrected chi connectivity index (χ4v) is 3.08. The van der Waals surface area contributed by atoms with Crippen LogP contribution in [-0.2, 0) is 6.42 Å². The van der Waals surface area contributed by atoms with Gasteiger partial charge in [0.25, 0.3) is 0 Å². The molecule has 0 aliphatic carbocycles. The smallest absolute Gasteiger partial charge is 0.324 e. The molecule has 2 heterocycles. The fraction of sp³-hybridized carbons (Fsp3) is 0.562. The van der Waals surface area contributed by atoms with Gasteiger partial charge in [-0.05, 0) is 43.5 Å². The van der Waals surface area contributed by atoms with E-state index in [1.54, 1.807) is 4.90 Å². The van der Waals surface area contributed by atoms with Gasteiger partial charge in [-0.1, -0.05) is 18.6 Å². The molecule has 0 bridgehead atoms. The Morgan fingerprint density at radius 2 is 2.00 bits per heavy atom. The van der Waals surface area contributed by atoms with Crippen LogP contribution < -0.4 is 10.2 Å². The van der Waals surface area contributed by atoms with Crippen LogP contribution in [0, 0.1) is 0 Å². The predicted octanol–water partition coefficient (Wildman–Crippen LogP) is 2.24. The highest BCUT2D eigenvalue weighted by molar-refractivity contribution is 5.93. The van der Waals surface area contributed by atoms with Gasteiger partial charge in [0.15, 0.2) is 0 Å². The molecule has 0 aromatic heterocycles. The van der Waals surface area contributed by atoms with E-state index < -0.39 is 0 Å². The van der Waals surface area contributed by atoms with Crippen LogP contribution >= 0.6 is 0 Å². The minimum absolute atomic E-state index is 0.103. The third-order valence-corrected chi connectivity index (χ3v) is 4.36. The van der Waals surface area contributed by atoms with E-state index in [0.29, 0.717) is 6.04 Å². The second kappa shape index (κ2) is 5.83. The lowest BCUT2D eigenvalue weighted by atomic mass is 9.98. The van der Waals surface area contributed by atoms with E-state index in [2.05, 4.69) is 29.6 Å². The summed E-state index contributed by atoms with van der Waals surface area (Å²) in [5, 5.41) is 3.58. The van der Waals surface area contributed by atoms with Gasteiger partial charge in [0.2, 0.25) is 0 Å². The molecule has 3 rings (SSSR count). The molecule has 4 heteroatoms. The lowest BCUT2D eigenvalue weighted by Gasteiger charge is -2.23. The highest BCUT2D eigenvalue weighted by atomic mass is 16.2. The Bertz CT molecular complexity index is 465. The maximum Gasteiger partial charge on any atom is 0.324 e. The first-order valence-corrected chi connectivity index (χ1v) is 7.59. The number of amides is 2. The Balaban J connectivity index is 1.64. The molecule has 2 aliphatic rings. The van der Waals surface area contributed by atoms with Gasteiger partial charge in [-0.3, -0.25) is 4.90 Å². The minimum Gasteiger partial charge on any atom is -0.326 e. The standard InChI is InChI=1S/C16H23N3O/c1-18-10-11-19(16(18)20)15-7-5-13(6-8-15)12-14-4-2-3-9-17-14/h5-8,14,17H,2-4,9-12H2,1H3. The molecule has 2 fully saturated rings. The molecule has 1 aromatic rings. The van der Waals surface area contributed by atoms with Crippen molar-refractivity contribution in [3.05, 3.63) is 29.8 Å². The topological polar surface area (TPSA) is 35.6 Å². The summed E-state index contributed by atoms with van der Waals surface area (Å²) in [7, 11) is 1.85. The van der Waals surface area contributed by atoms with E-state index in [-0.39, 0.29) is 6.03 Å². The summed E-state index contributed by atoms with van der Waals surface area (Å²) in [5.41, 5.74) is 2.37. The summed E-state index contributed by atoms with van der Waals surface area (Å²) in [4.78, 5) is 15.6. The first-order chi connectivity index (χ1) is 9.74. The van der Waals surface area contributed by atoms with Crippen molar-refractivity contribution in [3.8, 4) is 0 Å². The van der Waals surface area contributed by atoms with Crippen molar-refractivity contribution in [2.24, 2.45) is 0 Å². The van der Waals surface area contributed by atoms with Crippen molar-refractivity contribution in [1.29, 1.82) is 0 Å². The number of benzene rings is 1. The number of likely N-dealkylation sites (N-methyl/N-ethyl adjacent to an activating group) is 1. The van der Waals surface area contributed by atoms with E-state index in [9.17, 15) is 4.79 Å². The average Bonchev–Trinajstić information content (AvgIpc) is 2.81. The molecule has 1 aromatic carbocycles. The number of nitrogens with one attached hydrogen (secondary N) is 1. The summed E-state index contributed by atoms with van der Waals surface area (Å²) >= 11 is 0. The Labute approximate surface area is 120 Å². The van der Waals surface area contributed by atoms with Crippen LogP contribution in [0.25, 0.3) is 0 Å². The molecule has 1 atom stereocenters. The number of nitrogens with zero attached hydrogens (tertiary/aromatic N) is 2. The molecule has 2 aliphatic heterocycles. The predicted molar refractivity (Wildman–Crippen MR) is 81.2 cm³/mol. The van der Waals surface area contributed by atoms with Gasteiger partial charge in [-0.2, -0.15) is 0 Å². The summed E-state index contributed by atoms with van der Waals surface area (Å²) in [6, 6.07) is 9.21. The first-order valence-electron chi connectivity index (χ1n) is 7.59. The number of carbonyl (C=O) groups excluding carboxylic acids is 1. The fourth-order valence-electron chi connectivity index (χ4n) is 3.08. The van der Waals surface area contributed by atoms with Crippen molar-refractivity contribution in [1.82, 2.24) is 10.2 Å². The third-order valence-electron chi connectivity index (χ3n) is 4.36. The number of piperidine rings is 1. The van der Waals surface area contributed by atoms with Crippen LogP contribution in [-0.4, -0.2) is 43.7 Å². The van der Waals surface area contributed by atoms with Crippen LogP contribution in [0.3, 0.4) is 0 Å². The maximum absolute atomic E-state index is 11.9. The monoisotopic (exact) mass is 273 g/mol. The van der Waals surface area contributed by atoms with Crippen LogP contribution in [0.4, 0.5) is 10.5 Å². The van der Waals surface area contributed by atoms with Gasteiger partial charge >= 0.3 is 6.03 Å². The van der Waals surface area contributed by atoms with Gasteiger partial charge in [-0.15, -0.1) is 0 Å². The summed E-state index contributed by atoms with van der Waals surface area (Å²) < 4.78 is 0. The quantitative estimate of drug-likeness (QED) is 0.917. The molecule has 20 heavy (non-hydrogen) atoms. The van der Waals surface area contributed by atoms with Gasteiger partial charge in [0.05, 0.1) is 0 Å². The summed E-state index contributed by atoms with van der Waals surface area (Å²) in [6.45, 7) is 2.75. The van der Waals surface area contributed by atoms with Crippen LogP contribution in [0.1, 0.15) is 24.8 Å². The van der Waals surface area contributed by atoms with E-state index in [4.69, 9.17) is 0 Å². The summed E-state index contributed by atoms with van der Waals surface area (Å²) in [5.74, 6) is 0. The molecular formula is C16H23N3O. The van der Waals surface area contributed by atoms with Gasteiger partial charge in [-0.25, -0.2) is 4.79 Å². The normalized spacial score (nSPS) is 23.4. The Morgan fingerprint density at radius 1 is 1.20 bits per heavy atom. The van der Waals surface area contributed by atoms with Crippen molar-refractivity contribution in [2.75, 3.05) is 31.6 Å². The Morgan fingerprint density at radius 3 is 2.60 bits per heavy atom. The van der Waals surface area contributed by atoms with E-state index >= 15 is 0 Å². The second-order valence-electron chi connectivity index (χ2n) is 5.87. The van der Waals surface area contributed by atoms with E-state index in [1.807, 2.05) is 11.9 Å². The number of urea groups is 1. The molecule has 4 nitrogen and oxygen atoms in total. The van der Waals surface area contributed by atoms with Gasteiger partial charge in [0.1, 0.15) is 0 Å². The molecule has 0 saturated carbocycles. The van der Waals surface area contributed by atoms with Crippen LogP contribution in [0.15, 0.2) is 24.3 Å². The van der Waals surface area contributed by atoms with Crippen molar-refractivity contribution in [2.45, 2.75) is 31.7 Å². The van der Waals surface area contributed by atoms with Gasteiger partial charge in [0, 0.05) is 31.9 Å². The number of hydrogen-bond acceptors (Lipinski definition) is 2. The Kier molecular flexibility index (Phi) is 3.92. The van der Waals surface area contributed by atoms with Crippen LogP contribution in [0.2, 0.25) is 0 Å². The highest BCUT2D eigenvalue weighted by Crippen LogP contribution is 2.21. The van der Waals surface area contributed by atoms with Crippen molar-refractivity contribution in [3.63, 3.8) is 0 Å². The molecule has 1 N–H and O–H groups in total. The van der Waals surface area contributed by atoms with Gasteiger partial charge < -0.3 is 10.2 Å². The lowest BCUT2D eigenvalue weighted by molar-refractivity contribution is 0.229. The third kappa shape index (κ3) is 2.80. The summed E-state index contributed by atoms with van der Waals surface area (Å²) in [6.07, 6.45) is 5.01. The molecule has 0 radical (unpaired) electrons. The second-order valence-corrected chi connectivity index (χ2v) is 5.87. The molecule has 1 unspecified atom stereocenters. The Hall–Kier alpha value is -1.55. The zero-order chi connectivity index (χ0) is 13.9. The largest absolute Gasteiger partial charge is 0.326 e. The zero-order valence-electron chi connectivity index (χ0n) is 12.1. The number of carbonyl (C=O) groups is 1. The molecule has 2 saturated heterocycles. The average molecular weight is 273 g/mol. The number of rotatable bonds is 3. The minimum atomic E-state index is 0.103. The molecule has 108 valence electrons. The molecular weight excluding hydrogens is 250 g/mol. The first kappa shape index (κ1) is 13.4. The van der Waals surface area contributed by atoms with E-state index in [1.165, 1.54) is 24.8 Å². The highest BCUT2D eigenvalue weighted by Gasteiger charge is 2.26. The molecule has 2 amide bonds. The molecule has 0 spiro atoms. The zero-order valence-corrected chi connectivity index (χ0v) is 12.1. The van der Waals surface area contributed by atoms with Crippen molar-refractivity contribution < 1.29 is 4.79 Å². The van der Waals surface area contributed by atoms with Crippen molar-refractivity contribution >= 4 is 11.7 Å².